The van der Waals surface area contributed by atoms with Crippen LogP contribution < -0.4 is 19.8 Å². The van der Waals surface area contributed by atoms with E-state index in [4.69, 9.17) is 23.6 Å². The second-order valence-electron chi connectivity index (χ2n) is 10.6. The molecule has 0 saturated carbocycles. The molecule has 45 heavy (non-hydrogen) atoms. The van der Waals surface area contributed by atoms with Crippen molar-refractivity contribution in [2.75, 3.05) is 7.11 Å². The van der Waals surface area contributed by atoms with Crippen molar-refractivity contribution in [2.24, 2.45) is 0 Å². The maximum absolute atomic E-state index is 13.7. The third-order valence-electron chi connectivity index (χ3n) is 7.84. The molecule has 4 aromatic carbocycles. The summed E-state index contributed by atoms with van der Waals surface area (Å²) in [7, 11) is 1.48. The molecule has 1 aliphatic heterocycles. The van der Waals surface area contributed by atoms with Crippen LogP contribution in [0, 0.1) is 0 Å². The summed E-state index contributed by atoms with van der Waals surface area (Å²) in [6.07, 6.45) is 1.52. The Morgan fingerprint density at radius 1 is 0.933 bits per heavy atom. The maximum atomic E-state index is 13.7. The van der Waals surface area contributed by atoms with Crippen molar-refractivity contribution in [2.45, 2.75) is 12.5 Å². The number of hydrogen-bond acceptors (Lipinski definition) is 9. The number of phenolic OH excluding ortho intramolecular Hbond substituents is 1. The number of ether oxygens (including phenoxy) is 3. The van der Waals surface area contributed by atoms with Crippen LogP contribution in [0.1, 0.15) is 28.2 Å². The van der Waals surface area contributed by atoms with E-state index >= 15 is 0 Å². The Balaban J connectivity index is 1.32. The SMILES string of the molecule is COc1ccc(-c2nc3c4c(ncn3n2)Oc2c(c(=O)oc3ccccc23)C4c2cccc(OCc3ccccc3)c2)cc1O. The Labute approximate surface area is 255 Å². The number of hydrogen-bond donors (Lipinski definition) is 1. The van der Waals surface area contributed by atoms with Crippen molar-refractivity contribution in [1.29, 1.82) is 0 Å². The van der Waals surface area contributed by atoms with Crippen LogP contribution in [-0.2, 0) is 6.61 Å². The van der Waals surface area contributed by atoms with Crippen molar-refractivity contribution in [1.82, 2.24) is 19.6 Å². The number of para-hydroxylation sites is 1. The normalized spacial score (nSPS) is 13.7. The van der Waals surface area contributed by atoms with Crippen molar-refractivity contribution in [3.8, 4) is 40.3 Å². The zero-order valence-electron chi connectivity index (χ0n) is 23.9. The van der Waals surface area contributed by atoms with Gasteiger partial charge in [0.1, 0.15) is 24.3 Å². The predicted octanol–water partition coefficient (Wildman–Crippen LogP) is 6.48. The van der Waals surface area contributed by atoms with E-state index in [1.54, 1.807) is 24.3 Å². The van der Waals surface area contributed by atoms with Gasteiger partial charge in [-0.05, 0) is 53.6 Å². The number of benzene rings is 4. The van der Waals surface area contributed by atoms with Crippen LogP contribution in [0.5, 0.6) is 28.9 Å². The van der Waals surface area contributed by atoms with Gasteiger partial charge in [0.15, 0.2) is 28.7 Å². The summed E-state index contributed by atoms with van der Waals surface area (Å²) < 4.78 is 25.1. The first-order valence-electron chi connectivity index (χ1n) is 14.2. The summed E-state index contributed by atoms with van der Waals surface area (Å²) in [5, 5.41) is 15.7. The zero-order chi connectivity index (χ0) is 30.5. The van der Waals surface area contributed by atoms with Gasteiger partial charge < -0.3 is 23.7 Å². The molecule has 7 aromatic rings. The summed E-state index contributed by atoms with van der Waals surface area (Å²) in [6.45, 7) is 0.381. The molecule has 4 heterocycles. The van der Waals surface area contributed by atoms with Crippen LogP contribution >= 0.6 is 0 Å². The van der Waals surface area contributed by atoms with Gasteiger partial charge in [0.25, 0.3) is 0 Å². The molecular weight excluding hydrogens is 572 g/mol. The molecule has 1 aliphatic rings. The van der Waals surface area contributed by atoms with E-state index in [1.807, 2.05) is 66.7 Å². The Kier molecular flexibility index (Phi) is 6.19. The molecule has 1 atom stereocenters. The first kappa shape index (κ1) is 26.5. The molecule has 10 nitrogen and oxygen atoms in total. The Morgan fingerprint density at radius 3 is 2.62 bits per heavy atom. The quantitative estimate of drug-likeness (QED) is 0.215. The lowest BCUT2D eigenvalue weighted by atomic mass is 9.84. The third-order valence-corrected chi connectivity index (χ3v) is 7.84. The van der Waals surface area contributed by atoms with Gasteiger partial charge in [-0.25, -0.2) is 19.3 Å². The van der Waals surface area contributed by atoms with Crippen molar-refractivity contribution >= 4 is 16.6 Å². The Morgan fingerprint density at radius 2 is 1.78 bits per heavy atom. The van der Waals surface area contributed by atoms with E-state index < -0.39 is 11.5 Å². The molecule has 0 aliphatic carbocycles. The number of nitrogens with zero attached hydrogens (tertiary/aromatic N) is 4. The topological polar surface area (TPSA) is 121 Å². The predicted molar refractivity (Wildman–Crippen MR) is 165 cm³/mol. The molecule has 0 bridgehead atoms. The summed E-state index contributed by atoms with van der Waals surface area (Å²) >= 11 is 0. The zero-order valence-corrected chi connectivity index (χ0v) is 23.9. The van der Waals surface area contributed by atoms with Crippen LogP contribution in [0.15, 0.2) is 113 Å². The van der Waals surface area contributed by atoms with Crippen LogP contribution in [0.4, 0.5) is 0 Å². The fraction of sp³-hybridized carbons (Fsp3) is 0.0857. The van der Waals surface area contributed by atoms with E-state index in [1.165, 1.54) is 24.0 Å². The second kappa shape index (κ2) is 10.5. The Bertz CT molecular complexity index is 2300. The van der Waals surface area contributed by atoms with Crippen LogP contribution in [0.25, 0.3) is 28.0 Å². The van der Waals surface area contributed by atoms with E-state index in [2.05, 4.69) is 10.1 Å². The lowest BCUT2D eigenvalue weighted by Crippen LogP contribution is -2.22. The van der Waals surface area contributed by atoms with Gasteiger partial charge in [-0.1, -0.05) is 54.6 Å². The van der Waals surface area contributed by atoms with Gasteiger partial charge in [0, 0.05) is 5.56 Å². The number of fused-ring (bicyclic) bond motifs is 6. The first-order chi connectivity index (χ1) is 22.1. The van der Waals surface area contributed by atoms with Crippen molar-refractivity contribution in [3.63, 3.8) is 0 Å². The van der Waals surface area contributed by atoms with Gasteiger partial charge in [-0.3, -0.25) is 0 Å². The molecular formula is C35H24N4O6. The lowest BCUT2D eigenvalue weighted by Gasteiger charge is -2.27. The van der Waals surface area contributed by atoms with E-state index in [0.29, 0.717) is 68.9 Å². The monoisotopic (exact) mass is 596 g/mol. The summed E-state index contributed by atoms with van der Waals surface area (Å²) in [5.41, 5.74) is 3.54. The minimum Gasteiger partial charge on any atom is -0.504 e. The number of methoxy groups -OCH3 is 1. The molecule has 0 saturated heterocycles. The van der Waals surface area contributed by atoms with E-state index in [9.17, 15) is 9.90 Å². The molecule has 1 N–H and O–H groups in total. The van der Waals surface area contributed by atoms with Crippen LogP contribution in [0.2, 0.25) is 0 Å². The molecule has 3 aromatic heterocycles. The molecule has 1 unspecified atom stereocenters. The van der Waals surface area contributed by atoms with Gasteiger partial charge >= 0.3 is 5.63 Å². The fourth-order valence-electron chi connectivity index (χ4n) is 5.74. The highest BCUT2D eigenvalue weighted by atomic mass is 16.5. The van der Waals surface area contributed by atoms with Crippen LogP contribution in [0.3, 0.4) is 0 Å². The standard InChI is InChI=1S/C35H24N4O6/c1-42-27-15-14-22(17-25(27)40)32-37-33-30-28(21-10-7-11-23(16-21)43-18-20-8-3-2-4-9-20)29-31(45-34(30)36-19-39(33)38-32)24-12-5-6-13-26(24)44-35(29)41/h2-17,19,28,40H,18H2,1H3. The van der Waals surface area contributed by atoms with E-state index in [0.717, 1.165) is 11.1 Å². The minimum absolute atomic E-state index is 0.0408. The largest absolute Gasteiger partial charge is 0.504 e. The van der Waals surface area contributed by atoms with Crippen molar-refractivity contribution < 1.29 is 23.7 Å². The summed E-state index contributed by atoms with van der Waals surface area (Å²) in [6, 6.07) is 29.7. The van der Waals surface area contributed by atoms with Gasteiger partial charge in [0.05, 0.1) is 29.5 Å². The van der Waals surface area contributed by atoms with Crippen LogP contribution in [-0.4, -0.2) is 31.8 Å². The molecule has 0 radical (unpaired) electrons. The molecule has 0 fully saturated rings. The van der Waals surface area contributed by atoms with E-state index in [-0.39, 0.29) is 5.75 Å². The highest BCUT2D eigenvalue weighted by molar-refractivity contribution is 5.87. The van der Waals surface area contributed by atoms with Gasteiger partial charge in [0.2, 0.25) is 5.88 Å². The average molecular weight is 597 g/mol. The maximum Gasteiger partial charge on any atom is 0.344 e. The molecule has 8 rings (SSSR count). The second-order valence-corrected chi connectivity index (χ2v) is 10.6. The number of aromatic hydroxyl groups is 1. The minimum atomic E-state index is -0.678. The molecule has 220 valence electrons. The Hall–Kier alpha value is -6.16. The highest BCUT2D eigenvalue weighted by Crippen LogP contribution is 2.49. The molecule has 0 amide bonds. The fourth-order valence-corrected chi connectivity index (χ4v) is 5.74. The van der Waals surface area contributed by atoms with Gasteiger partial charge in [-0.2, -0.15) is 0 Å². The summed E-state index contributed by atoms with van der Waals surface area (Å²) in [5.74, 6) is 1.27. The van der Waals surface area contributed by atoms with Crippen molar-refractivity contribution in [3.05, 3.63) is 136 Å². The third kappa shape index (κ3) is 4.51. The number of aromatic nitrogens is 4. The first-order valence-corrected chi connectivity index (χ1v) is 14.2. The number of rotatable bonds is 6. The molecule has 0 spiro atoms. The highest BCUT2D eigenvalue weighted by Gasteiger charge is 2.37. The average Bonchev–Trinajstić information content (AvgIpc) is 3.52. The summed E-state index contributed by atoms with van der Waals surface area (Å²) in [4.78, 5) is 23.2. The number of phenols is 1. The smallest absolute Gasteiger partial charge is 0.344 e. The van der Waals surface area contributed by atoms with Gasteiger partial charge in [-0.15, -0.1) is 5.10 Å². The molecule has 10 heteroatoms. The lowest BCUT2D eigenvalue weighted by molar-refractivity contribution is 0.306.